The van der Waals surface area contributed by atoms with Crippen molar-refractivity contribution >= 4 is 11.9 Å². The number of amides is 1. The van der Waals surface area contributed by atoms with E-state index in [2.05, 4.69) is 10.3 Å². The average Bonchev–Trinajstić information content (AvgIpc) is 2.50. The Morgan fingerprint density at radius 2 is 1.95 bits per heavy atom. The molecular weight excluding hydrogens is 280 g/mol. The second-order valence-electron chi connectivity index (χ2n) is 5.16. The molecule has 1 heterocycles. The predicted molar refractivity (Wildman–Crippen MR) is 85.5 cm³/mol. The zero-order valence-corrected chi connectivity index (χ0v) is 12.8. The summed E-state index contributed by atoms with van der Waals surface area (Å²) in [7, 11) is 0. The van der Waals surface area contributed by atoms with E-state index in [1.807, 2.05) is 30.3 Å². The van der Waals surface area contributed by atoms with Crippen LogP contribution in [0.4, 0.5) is 5.95 Å². The highest BCUT2D eigenvalue weighted by molar-refractivity contribution is 5.76. The van der Waals surface area contributed by atoms with Crippen LogP contribution in [-0.4, -0.2) is 22.0 Å². The van der Waals surface area contributed by atoms with Gasteiger partial charge in [-0.2, -0.15) is 0 Å². The molecule has 1 aromatic heterocycles. The summed E-state index contributed by atoms with van der Waals surface area (Å²) in [5.41, 5.74) is 7.69. The maximum atomic E-state index is 12.1. The van der Waals surface area contributed by atoms with Crippen LogP contribution < -0.4 is 16.6 Å². The molecule has 1 amide bonds. The molecule has 0 bridgehead atoms. The van der Waals surface area contributed by atoms with E-state index >= 15 is 0 Å². The highest BCUT2D eigenvalue weighted by Crippen LogP contribution is 2.02. The Morgan fingerprint density at radius 3 is 2.64 bits per heavy atom. The Morgan fingerprint density at radius 1 is 1.27 bits per heavy atom. The van der Waals surface area contributed by atoms with Gasteiger partial charge in [0.05, 0.1) is 0 Å². The van der Waals surface area contributed by atoms with Crippen molar-refractivity contribution in [3.63, 3.8) is 0 Å². The molecular formula is C16H20N4O2. The molecule has 0 saturated heterocycles. The van der Waals surface area contributed by atoms with Gasteiger partial charge in [-0.25, -0.2) is 4.98 Å². The molecule has 6 nitrogen and oxygen atoms in total. The smallest absolute Gasteiger partial charge is 0.258 e. The number of nitrogens with one attached hydrogen (secondary N) is 1. The Hall–Kier alpha value is -2.63. The summed E-state index contributed by atoms with van der Waals surface area (Å²) in [5, 5.41) is 2.79. The summed E-state index contributed by atoms with van der Waals surface area (Å²) in [5.74, 6) is -0.193. The number of carbonyl (C=O) groups excluding carboxylic acids is 1. The van der Waals surface area contributed by atoms with E-state index in [9.17, 15) is 9.59 Å². The van der Waals surface area contributed by atoms with Crippen molar-refractivity contribution in [1.82, 2.24) is 14.9 Å². The first-order valence-corrected chi connectivity index (χ1v) is 7.13. The molecule has 0 fully saturated rings. The van der Waals surface area contributed by atoms with Crippen LogP contribution in [0.15, 0.2) is 35.1 Å². The van der Waals surface area contributed by atoms with Crippen LogP contribution in [0.5, 0.6) is 0 Å². The summed E-state index contributed by atoms with van der Waals surface area (Å²) in [6.07, 6.45) is 0.738. The third kappa shape index (κ3) is 3.72. The van der Waals surface area contributed by atoms with Gasteiger partial charge < -0.3 is 11.1 Å². The van der Waals surface area contributed by atoms with Crippen molar-refractivity contribution in [2.75, 3.05) is 12.3 Å². The number of anilines is 1. The molecule has 22 heavy (non-hydrogen) atoms. The van der Waals surface area contributed by atoms with Crippen LogP contribution in [0.25, 0.3) is 0 Å². The molecule has 0 radical (unpaired) electrons. The van der Waals surface area contributed by atoms with Crippen LogP contribution in [0, 0.1) is 13.8 Å². The predicted octanol–water partition coefficient (Wildman–Crippen LogP) is 0.801. The Balaban J connectivity index is 1.96. The van der Waals surface area contributed by atoms with Gasteiger partial charge in [0.25, 0.3) is 5.56 Å². The minimum absolute atomic E-state index is 0.0614. The molecule has 0 aliphatic heterocycles. The van der Waals surface area contributed by atoms with E-state index in [4.69, 9.17) is 5.73 Å². The molecule has 2 aromatic rings. The first-order valence-electron chi connectivity index (χ1n) is 7.13. The third-order valence-corrected chi connectivity index (χ3v) is 3.55. The largest absolute Gasteiger partial charge is 0.369 e. The van der Waals surface area contributed by atoms with Gasteiger partial charge in [0.2, 0.25) is 11.9 Å². The lowest BCUT2D eigenvalue weighted by molar-refractivity contribution is -0.121. The molecule has 0 saturated carbocycles. The monoisotopic (exact) mass is 300 g/mol. The van der Waals surface area contributed by atoms with Gasteiger partial charge >= 0.3 is 0 Å². The summed E-state index contributed by atoms with van der Waals surface area (Å²) in [6.45, 7) is 3.79. The quantitative estimate of drug-likeness (QED) is 0.854. The molecule has 0 aliphatic rings. The number of hydrogen-bond donors (Lipinski definition) is 2. The fourth-order valence-electron chi connectivity index (χ4n) is 2.12. The number of hydrogen-bond acceptors (Lipinski definition) is 4. The number of benzene rings is 1. The number of nitrogen functional groups attached to an aromatic ring is 1. The van der Waals surface area contributed by atoms with Crippen molar-refractivity contribution in [3.8, 4) is 0 Å². The van der Waals surface area contributed by atoms with Gasteiger partial charge in [0.15, 0.2) is 0 Å². The van der Waals surface area contributed by atoms with E-state index in [0.29, 0.717) is 17.8 Å². The third-order valence-electron chi connectivity index (χ3n) is 3.55. The SMILES string of the molecule is Cc1nc(N)n(CC(=O)NCCc2ccccc2)c(=O)c1C. The van der Waals surface area contributed by atoms with Crippen molar-refractivity contribution in [3.05, 3.63) is 57.5 Å². The molecule has 0 spiro atoms. The van der Waals surface area contributed by atoms with Crippen LogP contribution >= 0.6 is 0 Å². The second-order valence-corrected chi connectivity index (χ2v) is 5.16. The fraction of sp³-hybridized carbons (Fsp3) is 0.312. The normalized spacial score (nSPS) is 10.5. The first-order chi connectivity index (χ1) is 10.5. The summed E-state index contributed by atoms with van der Waals surface area (Å²) in [6, 6.07) is 9.87. The Labute approximate surface area is 129 Å². The Kier molecular flexibility index (Phi) is 4.93. The lowest BCUT2D eigenvalue weighted by Gasteiger charge is -2.11. The van der Waals surface area contributed by atoms with Crippen LogP contribution in [0.1, 0.15) is 16.8 Å². The fourth-order valence-corrected chi connectivity index (χ4v) is 2.12. The summed E-state index contributed by atoms with van der Waals surface area (Å²) >= 11 is 0. The molecule has 2 rings (SSSR count). The van der Waals surface area contributed by atoms with Crippen molar-refractivity contribution in [2.24, 2.45) is 0 Å². The molecule has 0 unspecified atom stereocenters. The summed E-state index contributed by atoms with van der Waals surface area (Å²) in [4.78, 5) is 28.1. The first kappa shape index (κ1) is 15.8. The number of rotatable bonds is 5. The van der Waals surface area contributed by atoms with Gasteiger partial charge in [-0.05, 0) is 25.8 Å². The zero-order valence-electron chi connectivity index (χ0n) is 12.8. The summed E-state index contributed by atoms with van der Waals surface area (Å²) < 4.78 is 1.19. The van der Waals surface area contributed by atoms with Gasteiger partial charge in [-0.15, -0.1) is 0 Å². The van der Waals surface area contributed by atoms with Gasteiger partial charge in [0, 0.05) is 17.8 Å². The van der Waals surface area contributed by atoms with Gasteiger partial charge in [-0.3, -0.25) is 14.2 Å². The molecule has 0 atom stereocenters. The van der Waals surface area contributed by atoms with E-state index in [1.165, 1.54) is 4.57 Å². The van der Waals surface area contributed by atoms with Gasteiger partial charge in [-0.1, -0.05) is 30.3 Å². The minimum atomic E-state index is -0.275. The lowest BCUT2D eigenvalue weighted by atomic mass is 10.1. The van der Waals surface area contributed by atoms with E-state index in [0.717, 1.165) is 12.0 Å². The van der Waals surface area contributed by atoms with E-state index < -0.39 is 0 Å². The molecule has 0 aliphatic carbocycles. The maximum absolute atomic E-state index is 12.1. The maximum Gasteiger partial charge on any atom is 0.258 e. The Bertz CT molecular complexity index is 723. The van der Waals surface area contributed by atoms with E-state index in [1.54, 1.807) is 13.8 Å². The molecule has 116 valence electrons. The van der Waals surface area contributed by atoms with Gasteiger partial charge in [0.1, 0.15) is 6.54 Å². The van der Waals surface area contributed by atoms with Crippen LogP contribution in [0.2, 0.25) is 0 Å². The average molecular weight is 300 g/mol. The van der Waals surface area contributed by atoms with E-state index in [-0.39, 0.29) is 24.0 Å². The molecule has 6 heteroatoms. The minimum Gasteiger partial charge on any atom is -0.369 e. The number of nitrogens with two attached hydrogens (primary N) is 1. The number of carbonyl (C=O) groups is 1. The second kappa shape index (κ2) is 6.89. The highest BCUT2D eigenvalue weighted by atomic mass is 16.2. The van der Waals surface area contributed by atoms with Crippen LogP contribution in [0.3, 0.4) is 0 Å². The van der Waals surface area contributed by atoms with Crippen molar-refractivity contribution in [1.29, 1.82) is 0 Å². The highest BCUT2D eigenvalue weighted by Gasteiger charge is 2.12. The lowest BCUT2D eigenvalue weighted by Crippen LogP contribution is -2.36. The molecule has 1 aromatic carbocycles. The van der Waals surface area contributed by atoms with Crippen molar-refractivity contribution in [2.45, 2.75) is 26.8 Å². The number of aromatic nitrogens is 2. The molecule has 3 N–H and O–H groups in total. The van der Waals surface area contributed by atoms with Crippen molar-refractivity contribution < 1.29 is 4.79 Å². The standard InChI is InChI=1S/C16H20N4O2/c1-11-12(2)19-16(17)20(15(11)22)10-14(21)18-9-8-13-6-4-3-5-7-13/h3-7H,8-10H2,1-2H3,(H2,17,19)(H,18,21). The number of aryl methyl sites for hydroxylation is 1. The number of nitrogens with zero attached hydrogens (tertiary/aromatic N) is 2. The van der Waals surface area contributed by atoms with Crippen LogP contribution in [-0.2, 0) is 17.8 Å². The topological polar surface area (TPSA) is 90.0 Å². The zero-order chi connectivity index (χ0) is 16.1.